The van der Waals surface area contributed by atoms with E-state index in [-0.39, 0.29) is 24.3 Å². The molecule has 138 valence electrons. The van der Waals surface area contributed by atoms with Gasteiger partial charge in [0, 0.05) is 38.7 Å². The van der Waals surface area contributed by atoms with Crippen molar-refractivity contribution in [1.82, 2.24) is 20.4 Å². The van der Waals surface area contributed by atoms with Crippen molar-refractivity contribution in [3.63, 3.8) is 0 Å². The number of carbonyl (C=O) groups is 4. The summed E-state index contributed by atoms with van der Waals surface area (Å²) in [6.07, 6.45) is 0.557. The Morgan fingerprint density at radius 2 is 2.12 bits per heavy atom. The van der Waals surface area contributed by atoms with E-state index in [0.717, 1.165) is 11.1 Å². The second-order valence-corrected chi connectivity index (χ2v) is 6.53. The van der Waals surface area contributed by atoms with Crippen molar-refractivity contribution < 1.29 is 19.2 Å². The number of rotatable bonds is 4. The van der Waals surface area contributed by atoms with Gasteiger partial charge in [0.05, 0.1) is 0 Å². The number of hydrogen-bond acceptors (Lipinski definition) is 4. The number of hydrogen-bond donors (Lipinski definition) is 2. The molecule has 2 aliphatic heterocycles. The summed E-state index contributed by atoms with van der Waals surface area (Å²) < 4.78 is 0. The van der Waals surface area contributed by atoms with E-state index in [1.54, 1.807) is 24.1 Å². The Bertz CT molecular complexity index is 776. The molecule has 2 N–H and O–H groups in total. The summed E-state index contributed by atoms with van der Waals surface area (Å²) in [5.41, 5.74) is 2.26. The maximum Gasteiger partial charge on any atom is 0.317 e. The lowest BCUT2D eigenvalue weighted by Crippen LogP contribution is -2.52. The average molecular weight is 358 g/mol. The number of carbonyl (C=O) groups excluding carboxylic acids is 4. The molecule has 2 aliphatic rings. The highest BCUT2D eigenvalue weighted by Crippen LogP contribution is 2.30. The number of imide groups is 1. The summed E-state index contributed by atoms with van der Waals surface area (Å²) in [7, 11) is 1.69. The van der Waals surface area contributed by atoms with Crippen LogP contribution in [0, 0.1) is 0 Å². The molecule has 5 amide bonds. The van der Waals surface area contributed by atoms with Gasteiger partial charge in [-0.05, 0) is 30.5 Å². The van der Waals surface area contributed by atoms with Gasteiger partial charge in [0.25, 0.3) is 5.91 Å². The van der Waals surface area contributed by atoms with Crippen molar-refractivity contribution in [2.45, 2.75) is 38.9 Å². The number of nitrogens with zero attached hydrogens (tertiary/aromatic N) is 2. The normalized spacial score (nSPS) is 19.2. The van der Waals surface area contributed by atoms with Crippen LogP contribution >= 0.6 is 0 Å². The highest BCUT2D eigenvalue weighted by molar-refractivity contribution is 6.05. The largest absolute Gasteiger partial charge is 0.338 e. The minimum absolute atomic E-state index is 0.184. The van der Waals surface area contributed by atoms with Crippen LogP contribution in [0.1, 0.15) is 41.3 Å². The third-order valence-electron chi connectivity index (χ3n) is 4.76. The summed E-state index contributed by atoms with van der Waals surface area (Å²) in [4.78, 5) is 51.3. The quantitative estimate of drug-likeness (QED) is 0.771. The third kappa shape index (κ3) is 3.26. The number of amides is 5. The van der Waals surface area contributed by atoms with Crippen LogP contribution in [0.25, 0.3) is 0 Å². The van der Waals surface area contributed by atoms with Crippen molar-refractivity contribution in [3.8, 4) is 0 Å². The molecule has 26 heavy (non-hydrogen) atoms. The van der Waals surface area contributed by atoms with Gasteiger partial charge in [0.2, 0.25) is 11.8 Å². The molecular formula is C18H22N4O4. The Morgan fingerprint density at radius 1 is 1.35 bits per heavy atom. The van der Waals surface area contributed by atoms with E-state index in [4.69, 9.17) is 0 Å². The molecule has 0 aromatic heterocycles. The van der Waals surface area contributed by atoms with E-state index in [0.29, 0.717) is 31.6 Å². The summed E-state index contributed by atoms with van der Waals surface area (Å²) in [5, 5.41) is 5.03. The third-order valence-corrected chi connectivity index (χ3v) is 4.76. The molecule has 1 aromatic carbocycles. The van der Waals surface area contributed by atoms with Gasteiger partial charge < -0.3 is 15.1 Å². The second-order valence-electron chi connectivity index (χ2n) is 6.53. The first-order valence-corrected chi connectivity index (χ1v) is 8.66. The van der Waals surface area contributed by atoms with Crippen molar-refractivity contribution in [1.29, 1.82) is 0 Å². The zero-order chi connectivity index (χ0) is 18.8. The Kier molecular flexibility index (Phi) is 4.92. The number of nitrogens with one attached hydrogen (secondary N) is 2. The van der Waals surface area contributed by atoms with Crippen LogP contribution in [0.15, 0.2) is 18.2 Å². The molecule has 0 radical (unpaired) electrons. The number of piperidine rings is 1. The molecule has 2 heterocycles. The maximum atomic E-state index is 12.8. The first-order chi connectivity index (χ1) is 12.4. The molecule has 1 atom stereocenters. The van der Waals surface area contributed by atoms with Crippen molar-refractivity contribution in [2.75, 3.05) is 13.6 Å². The SMILES string of the molecule is CCNC(=O)N(C)Cc1cccc2c1CN(C1CCC(=O)NC1=O)C2=O. The molecule has 1 saturated heterocycles. The summed E-state index contributed by atoms with van der Waals surface area (Å²) >= 11 is 0. The van der Waals surface area contributed by atoms with E-state index in [1.165, 1.54) is 4.90 Å². The molecule has 1 fully saturated rings. The fourth-order valence-electron chi connectivity index (χ4n) is 3.41. The molecule has 1 unspecified atom stereocenters. The van der Waals surface area contributed by atoms with Gasteiger partial charge in [-0.3, -0.25) is 19.7 Å². The molecule has 3 rings (SSSR count). The number of benzene rings is 1. The minimum Gasteiger partial charge on any atom is -0.338 e. The zero-order valence-corrected chi connectivity index (χ0v) is 14.9. The first-order valence-electron chi connectivity index (χ1n) is 8.66. The summed E-state index contributed by atoms with van der Waals surface area (Å²) in [6, 6.07) is 4.58. The Balaban J connectivity index is 1.80. The van der Waals surface area contributed by atoms with Gasteiger partial charge in [-0.2, -0.15) is 0 Å². The average Bonchev–Trinajstić information content (AvgIpc) is 2.93. The van der Waals surface area contributed by atoms with Gasteiger partial charge in [0.15, 0.2) is 0 Å². The Morgan fingerprint density at radius 3 is 2.81 bits per heavy atom. The van der Waals surface area contributed by atoms with Crippen LogP contribution in [0.5, 0.6) is 0 Å². The molecule has 0 bridgehead atoms. The maximum absolute atomic E-state index is 12.8. The lowest BCUT2D eigenvalue weighted by Gasteiger charge is -2.29. The standard InChI is InChI=1S/C18H22N4O4/c1-3-19-18(26)21(2)9-11-5-4-6-12-13(11)10-22(17(12)25)14-7-8-15(23)20-16(14)24/h4-6,14H,3,7-10H2,1-2H3,(H,19,26)(H,20,23,24). The van der Waals surface area contributed by atoms with Crippen molar-refractivity contribution in [3.05, 3.63) is 34.9 Å². The molecule has 8 heteroatoms. The van der Waals surface area contributed by atoms with Crippen LogP contribution in [-0.2, 0) is 22.7 Å². The zero-order valence-electron chi connectivity index (χ0n) is 14.9. The molecule has 0 aliphatic carbocycles. The monoisotopic (exact) mass is 358 g/mol. The lowest BCUT2D eigenvalue weighted by molar-refractivity contribution is -0.136. The Labute approximate surface area is 151 Å². The van der Waals surface area contributed by atoms with E-state index < -0.39 is 11.9 Å². The smallest absolute Gasteiger partial charge is 0.317 e. The van der Waals surface area contributed by atoms with Crippen molar-refractivity contribution in [2.24, 2.45) is 0 Å². The predicted octanol–water partition coefficient (Wildman–Crippen LogP) is 0.609. The highest BCUT2D eigenvalue weighted by atomic mass is 16.2. The van der Waals surface area contributed by atoms with Crippen LogP contribution in [-0.4, -0.2) is 53.2 Å². The van der Waals surface area contributed by atoms with E-state index in [2.05, 4.69) is 10.6 Å². The van der Waals surface area contributed by atoms with Crippen LogP contribution in [0.4, 0.5) is 4.79 Å². The molecular weight excluding hydrogens is 336 g/mol. The van der Waals surface area contributed by atoms with E-state index in [9.17, 15) is 19.2 Å². The summed E-state index contributed by atoms with van der Waals surface area (Å²) in [5.74, 6) is -0.944. The molecule has 0 spiro atoms. The lowest BCUT2D eigenvalue weighted by atomic mass is 10.0. The fraction of sp³-hybridized carbons (Fsp3) is 0.444. The minimum atomic E-state index is -0.637. The number of fused-ring (bicyclic) bond motifs is 1. The van der Waals surface area contributed by atoms with Gasteiger partial charge in [-0.25, -0.2) is 4.79 Å². The summed E-state index contributed by atoms with van der Waals surface area (Å²) in [6.45, 7) is 3.06. The van der Waals surface area contributed by atoms with E-state index >= 15 is 0 Å². The van der Waals surface area contributed by atoms with Gasteiger partial charge in [-0.1, -0.05) is 12.1 Å². The van der Waals surface area contributed by atoms with Gasteiger partial charge >= 0.3 is 6.03 Å². The van der Waals surface area contributed by atoms with Crippen LogP contribution < -0.4 is 10.6 Å². The molecule has 8 nitrogen and oxygen atoms in total. The van der Waals surface area contributed by atoms with Crippen LogP contribution in [0.3, 0.4) is 0 Å². The number of urea groups is 1. The highest BCUT2D eigenvalue weighted by Gasteiger charge is 2.39. The fourth-order valence-corrected chi connectivity index (χ4v) is 3.41. The first kappa shape index (κ1) is 17.9. The predicted molar refractivity (Wildman–Crippen MR) is 93.0 cm³/mol. The van der Waals surface area contributed by atoms with E-state index in [1.807, 2.05) is 13.0 Å². The molecule has 0 saturated carbocycles. The van der Waals surface area contributed by atoms with Crippen LogP contribution in [0.2, 0.25) is 0 Å². The second kappa shape index (κ2) is 7.15. The molecule has 1 aromatic rings. The Hall–Kier alpha value is -2.90. The van der Waals surface area contributed by atoms with Gasteiger partial charge in [0.1, 0.15) is 6.04 Å². The van der Waals surface area contributed by atoms with Crippen molar-refractivity contribution >= 4 is 23.8 Å². The van der Waals surface area contributed by atoms with Gasteiger partial charge in [-0.15, -0.1) is 0 Å². The topological polar surface area (TPSA) is 98.8 Å².